The predicted molar refractivity (Wildman–Crippen MR) is 111 cm³/mol. The van der Waals surface area contributed by atoms with Crippen molar-refractivity contribution in [3.05, 3.63) is 70.8 Å². The zero-order valence-electron chi connectivity index (χ0n) is 16.9. The second-order valence-corrected chi connectivity index (χ2v) is 6.57. The summed E-state index contributed by atoms with van der Waals surface area (Å²) in [5, 5.41) is 3.82. The van der Waals surface area contributed by atoms with Crippen LogP contribution in [0.4, 0.5) is 0 Å². The number of ether oxygens (including phenoxy) is 2. The van der Waals surface area contributed by atoms with E-state index in [0.29, 0.717) is 13.2 Å². The van der Waals surface area contributed by atoms with Gasteiger partial charge >= 0.3 is 0 Å². The van der Waals surface area contributed by atoms with Crippen molar-refractivity contribution in [1.82, 2.24) is 0 Å². The van der Waals surface area contributed by atoms with Gasteiger partial charge in [0.2, 0.25) is 0 Å². The molecule has 27 heavy (non-hydrogen) atoms. The maximum absolute atomic E-state index is 6.16. The van der Waals surface area contributed by atoms with Crippen LogP contribution in [0, 0.1) is 13.8 Å². The number of hydrogen-bond acceptors (Lipinski definition) is 4. The third-order valence-electron chi connectivity index (χ3n) is 4.28. The molecular weight excluding hydrogens is 338 g/mol. The Labute approximate surface area is 162 Å². The molecule has 0 spiro atoms. The highest BCUT2D eigenvalue weighted by Crippen LogP contribution is 2.29. The summed E-state index contributed by atoms with van der Waals surface area (Å²) in [7, 11) is 1.54. The Balaban J connectivity index is 2.04. The average Bonchev–Trinajstić information content (AvgIpc) is 2.66. The molecule has 0 aliphatic heterocycles. The summed E-state index contributed by atoms with van der Waals surface area (Å²) in [4.78, 5) is 4.75. The Hall–Kier alpha value is -2.75. The van der Waals surface area contributed by atoms with E-state index < -0.39 is 0 Å². The zero-order chi connectivity index (χ0) is 19.6. The molecule has 1 atom stereocenters. The van der Waals surface area contributed by atoms with Crippen LogP contribution in [0.1, 0.15) is 42.0 Å². The van der Waals surface area contributed by atoms with Gasteiger partial charge < -0.3 is 14.3 Å². The average molecular weight is 367 g/mol. The van der Waals surface area contributed by atoms with E-state index in [4.69, 9.17) is 14.3 Å². The number of oxime groups is 1. The van der Waals surface area contributed by atoms with Crippen LogP contribution in [0.2, 0.25) is 0 Å². The third-order valence-corrected chi connectivity index (χ3v) is 4.28. The predicted octanol–water partition coefficient (Wildman–Crippen LogP) is 5.42. The lowest BCUT2D eigenvalue weighted by Gasteiger charge is -2.18. The smallest absolute Gasteiger partial charge is 0.125 e. The molecule has 0 aliphatic rings. The van der Waals surface area contributed by atoms with Gasteiger partial charge in [0.15, 0.2) is 0 Å². The molecule has 0 heterocycles. The Morgan fingerprint density at radius 2 is 1.81 bits per heavy atom. The Kier molecular flexibility index (Phi) is 7.93. The van der Waals surface area contributed by atoms with Crippen molar-refractivity contribution in [1.29, 1.82) is 0 Å². The molecule has 0 aromatic heterocycles. The van der Waals surface area contributed by atoms with Crippen molar-refractivity contribution in [3.63, 3.8) is 0 Å². The number of rotatable bonds is 9. The molecule has 0 fully saturated rings. The lowest BCUT2D eigenvalue weighted by molar-refractivity contribution is 0.215. The normalized spacial score (nSPS) is 12.5. The summed E-state index contributed by atoms with van der Waals surface area (Å²) in [6.07, 6.45) is 5.68. The van der Waals surface area contributed by atoms with Gasteiger partial charge in [0, 0.05) is 5.92 Å². The minimum Gasteiger partial charge on any atom is -0.492 e. The molecule has 4 nitrogen and oxygen atoms in total. The topological polar surface area (TPSA) is 40.0 Å². The van der Waals surface area contributed by atoms with Crippen molar-refractivity contribution in [3.8, 4) is 11.5 Å². The van der Waals surface area contributed by atoms with Crippen LogP contribution in [0.25, 0.3) is 0 Å². The van der Waals surface area contributed by atoms with Crippen LogP contribution in [0.3, 0.4) is 0 Å². The van der Waals surface area contributed by atoms with E-state index in [0.717, 1.165) is 28.2 Å². The van der Waals surface area contributed by atoms with Crippen LogP contribution in [0.5, 0.6) is 11.5 Å². The number of allylic oxidation sites excluding steroid dienone is 1. The Morgan fingerprint density at radius 3 is 2.48 bits per heavy atom. The first-order valence-electron chi connectivity index (χ1n) is 9.19. The van der Waals surface area contributed by atoms with Crippen LogP contribution in [0.15, 0.2) is 53.7 Å². The van der Waals surface area contributed by atoms with Gasteiger partial charge in [-0.3, -0.25) is 0 Å². The number of nitrogens with zero attached hydrogens (tertiary/aromatic N) is 1. The van der Waals surface area contributed by atoms with E-state index in [9.17, 15) is 0 Å². The summed E-state index contributed by atoms with van der Waals surface area (Å²) in [6.45, 7) is 9.43. The van der Waals surface area contributed by atoms with Gasteiger partial charge in [-0.1, -0.05) is 42.4 Å². The SMILES string of the molecule is C/C=C/COc1cc(C)c(OCC(C)c2cccc(C=NOC)c2)c(C)c1. The minimum atomic E-state index is 0.255. The largest absolute Gasteiger partial charge is 0.492 e. The molecule has 2 aromatic rings. The molecule has 0 radical (unpaired) electrons. The standard InChI is InChI=1S/C23H29NO3/c1-6-7-11-26-22-12-17(2)23(18(3)13-22)27-16-19(4)21-10-8-9-20(14-21)15-24-25-5/h6-10,12-15,19H,11,16H2,1-5H3/b7-6+,24-15?. The van der Waals surface area contributed by atoms with Crippen LogP contribution >= 0.6 is 0 Å². The highest BCUT2D eigenvalue weighted by molar-refractivity contribution is 5.79. The molecule has 144 valence electrons. The van der Waals surface area contributed by atoms with E-state index in [-0.39, 0.29) is 5.92 Å². The summed E-state index contributed by atoms with van der Waals surface area (Å²) >= 11 is 0. The van der Waals surface area contributed by atoms with Crippen molar-refractivity contribution in [2.24, 2.45) is 5.16 Å². The van der Waals surface area contributed by atoms with E-state index in [1.165, 1.54) is 12.7 Å². The van der Waals surface area contributed by atoms with E-state index in [1.807, 2.05) is 43.3 Å². The fourth-order valence-corrected chi connectivity index (χ4v) is 2.83. The summed E-state index contributed by atoms with van der Waals surface area (Å²) < 4.78 is 11.9. The fourth-order valence-electron chi connectivity index (χ4n) is 2.83. The van der Waals surface area contributed by atoms with E-state index in [2.05, 4.69) is 38.1 Å². The van der Waals surface area contributed by atoms with Crippen LogP contribution in [-0.4, -0.2) is 26.5 Å². The lowest BCUT2D eigenvalue weighted by Crippen LogP contribution is -2.09. The van der Waals surface area contributed by atoms with Gasteiger partial charge in [-0.05, 0) is 61.2 Å². The van der Waals surface area contributed by atoms with Gasteiger partial charge in [-0.15, -0.1) is 0 Å². The van der Waals surface area contributed by atoms with Crippen LogP contribution in [-0.2, 0) is 4.84 Å². The molecule has 1 unspecified atom stereocenters. The number of benzene rings is 2. The lowest BCUT2D eigenvalue weighted by atomic mass is 10.00. The minimum absolute atomic E-state index is 0.255. The summed E-state index contributed by atoms with van der Waals surface area (Å²) in [6, 6.07) is 12.3. The first-order valence-corrected chi connectivity index (χ1v) is 9.19. The van der Waals surface area contributed by atoms with Crippen molar-refractivity contribution in [2.75, 3.05) is 20.3 Å². The second-order valence-electron chi connectivity index (χ2n) is 6.57. The molecule has 4 heteroatoms. The highest BCUT2D eigenvalue weighted by atomic mass is 16.6. The molecule has 2 aromatic carbocycles. The van der Waals surface area contributed by atoms with Gasteiger partial charge in [-0.2, -0.15) is 0 Å². The molecule has 0 amide bonds. The highest BCUT2D eigenvalue weighted by Gasteiger charge is 2.11. The van der Waals surface area contributed by atoms with Crippen molar-refractivity contribution < 1.29 is 14.3 Å². The van der Waals surface area contributed by atoms with E-state index >= 15 is 0 Å². The Morgan fingerprint density at radius 1 is 1.07 bits per heavy atom. The summed E-state index contributed by atoms with van der Waals surface area (Å²) in [5.74, 6) is 2.05. The molecule has 0 aliphatic carbocycles. The maximum atomic E-state index is 6.16. The van der Waals surface area contributed by atoms with Gasteiger partial charge in [0.25, 0.3) is 0 Å². The van der Waals surface area contributed by atoms with Crippen molar-refractivity contribution >= 4 is 6.21 Å². The monoisotopic (exact) mass is 367 g/mol. The quantitative estimate of drug-likeness (QED) is 0.337. The summed E-state index contributed by atoms with van der Waals surface area (Å²) in [5.41, 5.74) is 4.38. The Bertz CT molecular complexity index is 773. The van der Waals surface area contributed by atoms with Gasteiger partial charge in [-0.25, -0.2) is 0 Å². The molecule has 0 N–H and O–H groups in total. The maximum Gasteiger partial charge on any atom is 0.125 e. The molecule has 0 bridgehead atoms. The van der Waals surface area contributed by atoms with Gasteiger partial charge in [0.05, 0.1) is 12.8 Å². The zero-order valence-corrected chi connectivity index (χ0v) is 16.9. The van der Waals surface area contributed by atoms with Gasteiger partial charge in [0.1, 0.15) is 25.2 Å². The van der Waals surface area contributed by atoms with Crippen molar-refractivity contribution in [2.45, 2.75) is 33.6 Å². The first kappa shape index (κ1) is 20.6. The number of hydrogen-bond donors (Lipinski definition) is 0. The fraction of sp³-hybridized carbons (Fsp3) is 0.348. The second kappa shape index (κ2) is 10.4. The molecular formula is C23H29NO3. The third kappa shape index (κ3) is 6.17. The molecule has 2 rings (SSSR count). The van der Waals surface area contributed by atoms with Crippen LogP contribution < -0.4 is 9.47 Å². The molecule has 0 saturated heterocycles. The van der Waals surface area contributed by atoms with E-state index in [1.54, 1.807) is 6.21 Å². The number of aryl methyl sites for hydroxylation is 2. The molecule has 0 saturated carbocycles. The first-order chi connectivity index (χ1) is 13.0.